The van der Waals surface area contributed by atoms with Crippen LogP contribution in [0.5, 0.6) is 0 Å². The quantitative estimate of drug-likeness (QED) is 0.150. The Hall–Kier alpha value is -5.66. The summed E-state index contributed by atoms with van der Waals surface area (Å²) in [6, 6.07) is 54.5. The number of hydrogen-bond acceptors (Lipinski definition) is 1. The van der Waals surface area contributed by atoms with Gasteiger partial charge >= 0.3 is 0 Å². The maximum absolute atomic E-state index is 2.83. The van der Waals surface area contributed by atoms with Crippen molar-refractivity contribution < 1.29 is 0 Å². The van der Waals surface area contributed by atoms with E-state index in [-0.39, 0.29) is 21.7 Å². The molecule has 1 aliphatic heterocycles. The Bertz CT molecular complexity index is 2950. The van der Waals surface area contributed by atoms with Crippen LogP contribution >= 0.6 is 0 Å². The molecule has 0 N–H and O–H groups in total. The molecule has 6 aromatic carbocycles. The van der Waals surface area contributed by atoms with E-state index in [0.29, 0.717) is 11.8 Å². The van der Waals surface area contributed by atoms with E-state index in [0.717, 1.165) is 25.7 Å². The summed E-state index contributed by atoms with van der Waals surface area (Å²) in [5.41, 5.74) is 24.5. The predicted octanol–water partition coefficient (Wildman–Crippen LogP) is 14.6. The number of rotatable bonds is 1. The van der Waals surface area contributed by atoms with Crippen LogP contribution in [0.1, 0.15) is 106 Å². The summed E-state index contributed by atoms with van der Waals surface area (Å²) in [7, 11) is 0. The largest absolute Gasteiger partial charge is 0.327 e. The Morgan fingerprint density at radius 1 is 0.500 bits per heavy atom. The molecule has 0 aromatic heterocycles. The van der Waals surface area contributed by atoms with E-state index in [9.17, 15) is 0 Å². The van der Waals surface area contributed by atoms with Crippen molar-refractivity contribution in [2.24, 2.45) is 11.8 Å². The van der Waals surface area contributed by atoms with Crippen LogP contribution in [-0.4, -0.2) is 5.54 Å². The van der Waals surface area contributed by atoms with Crippen LogP contribution in [0.4, 0.5) is 11.4 Å². The lowest BCUT2D eigenvalue weighted by atomic mass is 9.52. The summed E-state index contributed by atoms with van der Waals surface area (Å²) in [5.74, 6) is 0.705. The van der Waals surface area contributed by atoms with Crippen LogP contribution < -0.4 is 4.90 Å². The summed E-state index contributed by atoms with van der Waals surface area (Å²) in [6.07, 6.45) is 9.63. The molecule has 0 saturated heterocycles. The van der Waals surface area contributed by atoms with Gasteiger partial charge < -0.3 is 4.90 Å². The van der Waals surface area contributed by atoms with Gasteiger partial charge in [0.05, 0.1) is 5.54 Å². The van der Waals surface area contributed by atoms with Crippen LogP contribution in [0.15, 0.2) is 168 Å². The first-order valence-corrected chi connectivity index (χ1v) is 22.7. The van der Waals surface area contributed by atoms with E-state index in [1.165, 1.54) is 78.1 Å². The van der Waals surface area contributed by atoms with Gasteiger partial charge in [-0.1, -0.05) is 167 Å². The standard InChI is InChI=1S/C59H53N/c1-36-29-30-56(5)48-25-15-16-26-50(48)60(57(6)53-43-20-10-11-21-44(43)55(3,4)52(53)37(2)51(36)54(56)57)38-27-28-42-41-19-9-14-24-47(41)59(49(42)35-38)33-31-58(32-34-59)45-22-12-7-17-39(45)40-18-8-13-23-46(40)58/h7-30,35-37H,31-34H2,1-6H3. The fourth-order valence-electron chi connectivity index (χ4n) is 15.2. The molecule has 0 bridgehead atoms. The Kier molecular flexibility index (Phi) is 6.66. The molecule has 2 spiro atoms. The zero-order valence-corrected chi connectivity index (χ0v) is 35.9. The molecule has 1 heterocycles. The molecule has 7 aliphatic rings. The van der Waals surface area contributed by atoms with Gasteiger partial charge in [0.1, 0.15) is 0 Å². The first kappa shape index (κ1) is 35.1. The van der Waals surface area contributed by atoms with Crippen LogP contribution in [0, 0.1) is 11.8 Å². The van der Waals surface area contributed by atoms with Crippen LogP contribution in [0.25, 0.3) is 27.8 Å². The Labute approximate surface area is 356 Å². The van der Waals surface area contributed by atoms with Gasteiger partial charge in [0.25, 0.3) is 0 Å². The second-order valence-electron chi connectivity index (χ2n) is 20.3. The number of benzene rings is 6. The molecular weight excluding hydrogens is 723 g/mol. The van der Waals surface area contributed by atoms with Gasteiger partial charge in [-0.2, -0.15) is 0 Å². The SMILES string of the molecule is CC1C=CC2(C)C3=C1C(C)C1=C(c4ccccc4C1(C)C)C3(C)N(c1ccc3c(c1)C1(CCC4(CC1)c1ccccc1-c1ccccc14)c1ccccc1-3)c1ccccc12. The van der Waals surface area contributed by atoms with Gasteiger partial charge in [-0.25, -0.2) is 0 Å². The zero-order chi connectivity index (χ0) is 40.6. The Balaban J connectivity index is 1.04. The van der Waals surface area contributed by atoms with Crippen molar-refractivity contribution >= 4 is 16.9 Å². The highest BCUT2D eigenvalue weighted by atomic mass is 15.2. The molecule has 13 rings (SSSR count). The maximum Gasteiger partial charge on any atom is 0.0907 e. The molecule has 0 amide bonds. The van der Waals surface area contributed by atoms with Crippen LogP contribution in [-0.2, 0) is 21.7 Å². The minimum absolute atomic E-state index is 0.0512. The van der Waals surface area contributed by atoms with E-state index in [2.05, 4.69) is 198 Å². The molecule has 1 saturated carbocycles. The second-order valence-corrected chi connectivity index (χ2v) is 20.3. The topological polar surface area (TPSA) is 3.24 Å². The van der Waals surface area contributed by atoms with Crippen molar-refractivity contribution in [3.63, 3.8) is 0 Å². The van der Waals surface area contributed by atoms with Crippen molar-refractivity contribution in [2.45, 2.75) is 94.4 Å². The van der Waals surface area contributed by atoms with E-state index >= 15 is 0 Å². The summed E-state index contributed by atoms with van der Waals surface area (Å²) in [5, 5.41) is 0. The Morgan fingerprint density at radius 3 is 1.58 bits per heavy atom. The number of para-hydroxylation sites is 1. The smallest absolute Gasteiger partial charge is 0.0907 e. The van der Waals surface area contributed by atoms with Gasteiger partial charge in [-0.05, 0) is 142 Å². The fourth-order valence-corrected chi connectivity index (χ4v) is 15.2. The highest BCUT2D eigenvalue weighted by Crippen LogP contribution is 2.70. The van der Waals surface area contributed by atoms with Gasteiger partial charge in [0.15, 0.2) is 0 Å². The monoisotopic (exact) mass is 775 g/mol. The van der Waals surface area contributed by atoms with Crippen LogP contribution in [0.3, 0.4) is 0 Å². The Morgan fingerprint density at radius 2 is 0.983 bits per heavy atom. The van der Waals surface area contributed by atoms with Gasteiger partial charge in [0.2, 0.25) is 0 Å². The lowest BCUT2D eigenvalue weighted by Gasteiger charge is -2.61. The van der Waals surface area contributed by atoms with E-state index in [1.54, 1.807) is 16.7 Å². The molecule has 1 heteroatoms. The fraction of sp³-hybridized carbons (Fsp3) is 0.288. The molecule has 1 fully saturated rings. The highest BCUT2D eigenvalue weighted by molar-refractivity contribution is 5.98. The average Bonchev–Trinajstić information content (AvgIpc) is 3.81. The number of allylic oxidation sites excluding steroid dienone is 4. The van der Waals surface area contributed by atoms with Crippen molar-refractivity contribution in [3.8, 4) is 22.3 Å². The lowest BCUT2D eigenvalue weighted by Crippen LogP contribution is -2.58. The van der Waals surface area contributed by atoms with Gasteiger partial charge in [-0.15, -0.1) is 0 Å². The molecule has 60 heavy (non-hydrogen) atoms. The number of anilines is 2. The second kappa shape index (κ2) is 11.4. The normalized spacial score (nSPS) is 27.2. The van der Waals surface area contributed by atoms with E-state index < -0.39 is 5.54 Å². The third-order valence-corrected chi connectivity index (χ3v) is 17.5. The average molecular weight is 776 g/mol. The third kappa shape index (κ3) is 3.89. The molecule has 0 radical (unpaired) electrons. The van der Waals surface area contributed by atoms with Crippen LogP contribution in [0.2, 0.25) is 0 Å². The molecule has 6 aliphatic carbocycles. The first-order chi connectivity index (χ1) is 29.1. The third-order valence-electron chi connectivity index (χ3n) is 17.5. The zero-order valence-electron chi connectivity index (χ0n) is 35.9. The minimum atomic E-state index is -0.413. The van der Waals surface area contributed by atoms with Crippen molar-refractivity contribution in [1.29, 1.82) is 0 Å². The summed E-state index contributed by atoms with van der Waals surface area (Å²) in [4.78, 5) is 2.83. The molecule has 4 atom stereocenters. The molecular formula is C59H53N. The lowest BCUT2D eigenvalue weighted by molar-refractivity contribution is 0.265. The summed E-state index contributed by atoms with van der Waals surface area (Å²) >= 11 is 0. The maximum atomic E-state index is 2.83. The summed E-state index contributed by atoms with van der Waals surface area (Å²) in [6.45, 7) is 15.1. The molecule has 6 aromatic rings. The molecule has 1 nitrogen and oxygen atoms in total. The molecule has 4 unspecified atom stereocenters. The van der Waals surface area contributed by atoms with E-state index in [4.69, 9.17) is 0 Å². The minimum Gasteiger partial charge on any atom is -0.327 e. The predicted molar refractivity (Wildman–Crippen MR) is 249 cm³/mol. The van der Waals surface area contributed by atoms with Gasteiger partial charge in [-0.3, -0.25) is 0 Å². The highest BCUT2D eigenvalue weighted by Gasteiger charge is 2.62. The first-order valence-electron chi connectivity index (χ1n) is 22.7. The van der Waals surface area contributed by atoms with Gasteiger partial charge in [0, 0.05) is 39.0 Å². The summed E-state index contributed by atoms with van der Waals surface area (Å²) < 4.78 is 0. The number of fused-ring (bicyclic) bond motifs is 15. The number of nitrogens with zero attached hydrogens (tertiary/aromatic N) is 1. The van der Waals surface area contributed by atoms with E-state index in [1.807, 2.05) is 0 Å². The molecule has 294 valence electrons. The van der Waals surface area contributed by atoms with Crippen molar-refractivity contribution in [3.05, 3.63) is 207 Å². The van der Waals surface area contributed by atoms with Crippen molar-refractivity contribution in [2.75, 3.05) is 4.90 Å². The van der Waals surface area contributed by atoms with Crippen molar-refractivity contribution in [1.82, 2.24) is 0 Å². The number of hydrogen-bond donors (Lipinski definition) is 0.